The number of aromatic nitrogens is 1. The van der Waals surface area contributed by atoms with Crippen molar-refractivity contribution in [1.29, 1.82) is 0 Å². The first kappa shape index (κ1) is 15.4. The molecular weight excluding hydrogens is 280 g/mol. The largest absolute Gasteiger partial charge is 0.439 e. The van der Waals surface area contributed by atoms with E-state index in [2.05, 4.69) is 37.9 Å². The molecular formula is C17H20N2OS. The zero-order chi connectivity index (χ0) is 15.6. The molecule has 0 fully saturated rings. The van der Waals surface area contributed by atoms with Crippen molar-refractivity contribution in [3.05, 3.63) is 53.2 Å². The van der Waals surface area contributed by atoms with Gasteiger partial charge in [0.1, 0.15) is 16.4 Å². The molecule has 0 amide bonds. The van der Waals surface area contributed by atoms with Gasteiger partial charge >= 0.3 is 0 Å². The van der Waals surface area contributed by atoms with Gasteiger partial charge in [0.15, 0.2) is 0 Å². The van der Waals surface area contributed by atoms with Gasteiger partial charge in [-0.25, -0.2) is 4.98 Å². The fourth-order valence-electron chi connectivity index (χ4n) is 2.06. The number of ether oxygens (including phenoxy) is 1. The smallest absolute Gasteiger partial charge is 0.219 e. The Morgan fingerprint density at radius 3 is 2.52 bits per heavy atom. The van der Waals surface area contributed by atoms with Crippen LogP contribution >= 0.6 is 12.2 Å². The molecule has 0 saturated carbocycles. The summed E-state index contributed by atoms with van der Waals surface area (Å²) in [6.07, 6.45) is 0. The summed E-state index contributed by atoms with van der Waals surface area (Å²) in [7, 11) is 0. The third kappa shape index (κ3) is 3.79. The Labute approximate surface area is 131 Å². The van der Waals surface area contributed by atoms with Gasteiger partial charge in [-0.05, 0) is 30.0 Å². The predicted molar refractivity (Wildman–Crippen MR) is 90.1 cm³/mol. The van der Waals surface area contributed by atoms with E-state index in [0.29, 0.717) is 11.6 Å². The average Bonchev–Trinajstić information content (AvgIpc) is 2.37. The zero-order valence-electron chi connectivity index (χ0n) is 12.8. The highest BCUT2D eigenvalue weighted by molar-refractivity contribution is 7.80. The minimum atomic E-state index is -0.0101. The Bertz CT molecular complexity index is 675. The average molecular weight is 300 g/mol. The van der Waals surface area contributed by atoms with E-state index in [4.69, 9.17) is 22.7 Å². The summed E-state index contributed by atoms with van der Waals surface area (Å²) in [6.45, 7) is 8.51. The van der Waals surface area contributed by atoms with Gasteiger partial charge in [0.2, 0.25) is 5.88 Å². The molecule has 21 heavy (non-hydrogen) atoms. The topological polar surface area (TPSA) is 48.1 Å². The lowest BCUT2D eigenvalue weighted by Gasteiger charge is -2.23. The maximum atomic E-state index is 5.98. The van der Waals surface area contributed by atoms with Crippen molar-refractivity contribution >= 4 is 17.2 Å². The molecule has 4 heteroatoms. The number of nitrogens with zero attached hydrogens (tertiary/aromatic N) is 1. The van der Waals surface area contributed by atoms with Crippen molar-refractivity contribution < 1.29 is 4.74 Å². The fraction of sp³-hybridized carbons (Fsp3) is 0.294. The number of rotatable bonds is 3. The molecule has 1 heterocycles. The third-order valence-corrected chi connectivity index (χ3v) is 3.34. The van der Waals surface area contributed by atoms with E-state index in [1.54, 1.807) is 12.1 Å². The molecule has 3 nitrogen and oxygen atoms in total. The lowest BCUT2D eigenvalue weighted by Crippen LogP contribution is -2.14. The van der Waals surface area contributed by atoms with Crippen molar-refractivity contribution in [1.82, 2.24) is 4.98 Å². The highest BCUT2D eigenvalue weighted by atomic mass is 32.1. The monoisotopic (exact) mass is 300 g/mol. The van der Waals surface area contributed by atoms with Gasteiger partial charge in [-0.15, -0.1) is 0 Å². The summed E-state index contributed by atoms with van der Waals surface area (Å²) in [5, 5.41) is 0. The van der Waals surface area contributed by atoms with Gasteiger partial charge in [-0.1, -0.05) is 51.2 Å². The Morgan fingerprint density at radius 2 is 1.90 bits per heavy atom. The number of hydrogen-bond donors (Lipinski definition) is 1. The first-order valence-corrected chi connectivity index (χ1v) is 7.24. The maximum absolute atomic E-state index is 5.98. The molecule has 2 aromatic rings. The quantitative estimate of drug-likeness (QED) is 0.866. The molecule has 0 atom stereocenters. The second kappa shape index (κ2) is 5.82. The summed E-state index contributed by atoms with van der Waals surface area (Å²) in [4.78, 5) is 4.60. The molecule has 0 radical (unpaired) electrons. The molecule has 0 aliphatic rings. The minimum Gasteiger partial charge on any atom is -0.439 e. The predicted octanol–water partition coefficient (Wildman–Crippen LogP) is 4.11. The van der Waals surface area contributed by atoms with Crippen LogP contribution in [-0.2, 0) is 5.41 Å². The number of nitrogens with two attached hydrogens (primary N) is 1. The van der Waals surface area contributed by atoms with Crippen LogP contribution in [0.3, 0.4) is 0 Å². The van der Waals surface area contributed by atoms with Crippen LogP contribution in [0.4, 0.5) is 0 Å². The molecule has 0 bridgehead atoms. The molecule has 0 aliphatic carbocycles. The van der Waals surface area contributed by atoms with Gasteiger partial charge in [0, 0.05) is 11.6 Å². The van der Waals surface area contributed by atoms with Crippen molar-refractivity contribution in [3.8, 4) is 11.6 Å². The van der Waals surface area contributed by atoms with E-state index in [1.165, 1.54) is 0 Å². The third-order valence-electron chi connectivity index (χ3n) is 3.14. The van der Waals surface area contributed by atoms with Crippen molar-refractivity contribution in [2.75, 3.05) is 0 Å². The summed E-state index contributed by atoms with van der Waals surface area (Å²) >= 11 is 4.95. The molecule has 0 unspecified atom stereocenters. The van der Waals surface area contributed by atoms with Crippen molar-refractivity contribution in [2.24, 2.45) is 5.73 Å². The van der Waals surface area contributed by atoms with E-state index >= 15 is 0 Å². The molecule has 0 spiro atoms. The summed E-state index contributed by atoms with van der Waals surface area (Å²) in [5.74, 6) is 1.31. The summed E-state index contributed by atoms with van der Waals surface area (Å²) in [5.41, 5.74) is 8.44. The summed E-state index contributed by atoms with van der Waals surface area (Å²) < 4.78 is 5.98. The van der Waals surface area contributed by atoms with Crippen LogP contribution in [0.2, 0.25) is 0 Å². The molecule has 1 aromatic heterocycles. The van der Waals surface area contributed by atoms with Gasteiger partial charge in [0.05, 0.1) is 0 Å². The van der Waals surface area contributed by atoms with E-state index < -0.39 is 0 Å². The molecule has 1 aromatic carbocycles. The van der Waals surface area contributed by atoms with E-state index in [0.717, 1.165) is 16.9 Å². The van der Waals surface area contributed by atoms with E-state index in [9.17, 15) is 0 Å². The molecule has 0 saturated heterocycles. The molecule has 2 N–H and O–H groups in total. The fourth-order valence-corrected chi connectivity index (χ4v) is 2.17. The standard InChI is InChI=1S/C17H20N2OS/c1-11-8-9-12(17(2,3)4)14(10-11)20-15-7-5-6-13(19-15)16(18)21/h5-10H,1-4H3,(H2,18,21). The van der Waals surface area contributed by atoms with Gasteiger partial charge in [-0.2, -0.15) is 0 Å². The lowest BCUT2D eigenvalue weighted by molar-refractivity contribution is 0.439. The minimum absolute atomic E-state index is 0.0101. The number of benzene rings is 1. The molecule has 2 rings (SSSR count). The van der Waals surface area contributed by atoms with Crippen LogP contribution < -0.4 is 10.5 Å². The summed E-state index contributed by atoms with van der Waals surface area (Å²) in [6, 6.07) is 11.6. The number of aryl methyl sites for hydroxylation is 1. The normalized spacial score (nSPS) is 11.2. The van der Waals surface area contributed by atoms with E-state index in [-0.39, 0.29) is 10.4 Å². The van der Waals surface area contributed by atoms with Crippen LogP contribution in [0, 0.1) is 6.92 Å². The highest BCUT2D eigenvalue weighted by Gasteiger charge is 2.19. The van der Waals surface area contributed by atoms with Crippen LogP contribution in [-0.4, -0.2) is 9.97 Å². The maximum Gasteiger partial charge on any atom is 0.219 e. The first-order chi connectivity index (χ1) is 9.77. The second-order valence-electron chi connectivity index (χ2n) is 6.08. The SMILES string of the molecule is Cc1ccc(C(C)(C)C)c(Oc2cccc(C(N)=S)n2)c1. The highest BCUT2D eigenvalue weighted by Crippen LogP contribution is 2.34. The van der Waals surface area contributed by atoms with Crippen molar-refractivity contribution in [3.63, 3.8) is 0 Å². The Kier molecular flexibility index (Phi) is 4.28. The van der Waals surface area contributed by atoms with Crippen LogP contribution in [0.1, 0.15) is 37.6 Å². The Balaban J connectivity index is 2.41. The second-order valence-corrected chi connectivity index (χ2v) is 6.52. The first-order valence-electron chi connectivity index (χ1n) is 6.83. The van der Waals surface area contributed by atoms with Crippen molar-refractivity contribution in [2.45, 2.75) is 33.1 Å². The molecule has 110 valence electrons. The Hall–Kier alpha value is -1.94. The van der Waals surface area contributed by atoms with Crippen LogP contribution in [0.25, 0.3) is 0 Å². The zero-order valence-corrected chi connectivity index (χ0v) is 13.6. The lowest BCUT2D eigenvalue weighted by atomic mass is 9.86. The van der Waals surface area contributed by atoms with E-state index in [1.807, 2.05) is 19.1 Å². The molecule has 0 aliphatic heterocycles. The van der Waals surface area contributed by atoms with Crippen LogP contribution in [0.15, 0.2) is 36.4 Å². The Morgan fingerprint density at radius 1 is 1.19 bits per heavy atom. The number of hydrogen-bond acceptors (Lipinski definition) is 3. The van der Waals surface area contributed by atoms with Gasteiger partial charge in [-0.3, -0.25) is 0 Å². The van der Waals surface area contributed by atoms with Gasteiger partial charge in [0.25, 0.3) is 0 Å². The number of pyridine rings is 1. The van der Waals surface area contributed by atoms with Gasteiger partial charge < -0.3 is 10.5 Å². The number of thiocarbonyl (C=S) groups is 1. The van der Waals surface area contributed by atoms with Crippen LogP contribution in [0.5, 0.6) is 11.6 Å².